The number of nitrogens with zero attached hydrogens (tertiary/aromatic N) is 1. The first-order chi connectivity index (χ1) is 12.2. The molecule has 134 valence electrons. The molecule has 1 atom stereocenters. The summed E-state index contributed by atoms with van der Waals surface area (Å²) in [5.41, 5.74) is 3.61. The summed E-state index contributed by atoms with van der Waals surface area (Å²) in [6.45, 7) is 3.28. The quantitative estimate of drug-likeness (QED) is 0.804. The number of amides is 2. The molecule has 0 radical (unpaired) electrons. The number of carbonyl (C=O) groups is 2. The van der Waals surface area contributed by atoms with Crippen LogP contribution in [0.1, 0.15) is 51.0 Å². The molecular weight excluding hydrogens is 312 g/mol. The van der Waals surface area contributed by atoms with Gasteiger partial charge in [0.05, 0.1) is 5.92 Å². The Morgan fingerprint density at radius 2 is 2.04 bits per heavy atom. The summed E-state index contributed by atoms with van der Waals surface area (Å²) in [4.78, 5) is 26.4. The Labute approximate surface area is 150 Å². The van der Waals surface area contributed by atoms with Crippen molar-refractivity contribution in [2.75, 3.05) is 18.0 Å². The first kappa shape index (κ1) is 17.7. The molecule has 4 heteroatoms. The number of hydrogen-bond acceptors (Lipinski definition) is 2. The molecule has 3 rings (SSSR count). The number of allylic oxidation sites excluding steroid dienone is 1. The van der Waals surface area contributed by atoms with Crippen molar-refractivity contribution in [2.24, 2.45) is 5.92 Å². The predicted molar refractivity (Wildman–Crippen MR) is 100 cm³/mol. The molecule has 0 bridgehead atoms. The van der Waals surface area contributed by atoms with E-state index >= 15 is 0 Å². The molecule has 2 amide bonds. The van der Waals surface area contributed by atoms with Crippen molar-refractivity contribution < 1.29 is 9.59 Å². The zero-order chi connectivity index (χ0) is 17.6. The maximum atomic E-state index is 12.4. The van der Waals surface area contributed by atoms with Crippen LogP contribution < -0.4 is 10.2 Å². The number of aryl methyl sites for hydroxylation is 1. The van der Waals surface area contributed by atoms with E-state index in [1.807, 2.05) is 24.3 Å². The third-order valence-electron chi connectivity index (χ3n) is 5.28. The van der Waals surface area contributed by atoms with Gasteiger partial charge in [0.25, 0.3) is 0 Å². The average molecular weight is 340 g/mol. The number of hydrogen-bond donors (Lipinski definition) is 1. The van der Waals surface area contributed by atoms with Gasteiger partial charge in [-0.3, -0.25) is 9.59 Å². The fraction of sp³-hybridized carbons (Fsp3) is 0.524. The van der Waals surface area contributed by atoms with E-state index in [0.29, 0.717) is 19.5 Å². The van der Waals surface area contributed by atoms with Crippen molar-refractivity contribution >= 4 is 17.5 Å². The Kier molecular flexibility index (Phi) is 5.90. The van der Waals surface area contributed by atoms with Crippen LogP contribution in [0.3, 0.4) is 0 Å². The summed E-state index contributed by atoms with van der Waals surface area (Å²) in [5, 5.41) is 3.02. The van der Waals surface area contributed by atoms with Gasteiger partial charge in [0.1, 0.15) is 0 Å². The summed E-state index contributed by atoms with van der Waals surface area (Å²) in [6.07, 6.45) is 9.44. The Morgan fingerprint density at radius 3 is 2.72 bits per heavy atom. The number of rotatable bonds is 6. The van der Waals surface area contributed by atoms with E-state index < -0.39 is 0 Å². The SMILES string of the molecule is CCc1ccc(N2C[C@@H](C(=O)NCCC3=CCCCC3)CC2=O)cc1. The summed E-state index contributed by atoms with van der Waals surface area (Å²) in [5.74, 6) is -0.185. The number of anilines is 1. The lowest BCUT2D eigenvalue weighted by Gasteiger charge is -2.17. The van der Waals surface area contributed by atoms with E-state index in [0.717, 1.165) is 18.5 Å². The van der Waals surface area contributed by atoms with E-state index in [2.05, 4.69) is 18.3 Å². The van der Waals surface area contributed by atoms with E-state index in [1.54, 1.807) is 4.90 Å². The molecule has 1 saturated heterocycles. The third kappa shape index (κ3) is 4.50. The van der Waals surface area contributed by atoms with E-state index in [4.69, 9.17) is 0 Å². The summed E-state index contributed by atoms with van der Waals surface area (Å²) < 4.78 is 0. The number of nitrogens with one attached hydrogen (secondary N) is 1. The van der Waals surface area contributed by atoms with Crippen LogP contribution >= 0.6 is 0 Å². The minimum absolute atomic E-state index is 0.0115. The molecule has 1 aromatic carbocycles. The van der Waals surface area contributed by atoms with Crippen molar-refractivity contribution in [1.82, 2.24) is 5.32 Å². The Balaban J connectivity index is 1.50. The standard InChI is InChI=1S/C21H28N2O2/c1-2-16-8-10-19(11-9-16)23-15-18(14-20(23)24)21(25)22-13-12-17-6-4-3-5-7-17/h6,8-11,18H,2-5,7,12-15H2,1H3,(H,22,25)/t18-/m0/s1. The van der Waals surface area contributed by atoms with Crippen LogP contribution in [0.15, 0.2) is 35.9 Å². The molecule has 2 aliphatic rings. The van der Waals surface area contributed by atoms with E-state index in [-0.39, 0.29) is 17.7 Å². The van der Waals surface area contributed by atoms with Crippen LogP contribution in [0.4, 0.5) is 5.69 Å². The predicted octanol–water partition coefficient (Wildman–Crippen LogP) is 3.61. The first-order valence-corrected chi connectivity index (χ1v) is 9.52. The van der Waals surface area contributed by atoms with Crippen molar-refractivity contribution in [3.05, 3.63) is 41.5 Å². The van der Waals surface area contributed by atoms with Crippen LogP contribution in [0.25, 0.3) is 0 Å². The molecule has 0 saturated carbocycles. The van der Waals surface area contributed by atoms with Gasteiger partial charge in [-0.2, -0.15) is 0 Å². The Hall–Kier alpha value is -2.10. The second-order valence-electron chi connectivity index (χ2n) is 7.07. The molecule has 1 aromatic rings. The second-order valence-corrected chi connectivity index (χ2v) is 7.07. The fourth-order valence-electron chi connectivity index (χ4n) is 3.67. The largest absolute Gasteiger partial charge is 0.355 e. The van der Waals surface area contributed by atoms with Gasteiger partial charge in [0.2, 0.25) is 11.8 Å². The lowest BCUT2D eigenvalue weighted by atomic mass is 9.97. The van der Waals surface area contributed by atoms with Crippen molar-refractivity contribution in [3.63, 3.8) is 0 Å². The number of benzene rings is 1. The first-order valence-electron chi connectivity index (χ1n) is 9.52. The molecule has 0 unspecified atom stereocenters. The van der Waals surface area contributed by atoms with Gasteiger partial charge in [0, 0.05) is 25.2 Å². The fourth-order valence-corrected chi connectivity index (χ4v) is 3.67. The molecule has 1 aliphatic heterocycles. The van der Waals surface area contributed by atoms with Crippen LogP contribution in [-0.2, 0) is 16.0 Å². The molecule has 0 spiro atoms. The van der Waals surface area contributed by atoms with E-state index in [9.17, 15) is 9.59 Å². The Morgan fingerprint density at radius 1 is 1.24 bits per heavy atom. The monoisotopic (exact) mass is 340 g/mol. The van der Waals surface area contributed by atoms with Gasteiger partial charge in [-0.25, -0.2) is 0 Å². The second kappa shape index (κ2) is 8.32. The maximum absolute atomic E-state index is 12.4. The molecule has 1 aliphatic carbocycles. The third-order valence-corrected chi connectivity index (χ3v) is 5.28. The Bertz CT molecular complexity index is 648. The molecule has 4 nitrogen and oxygen atoms in total. The molecule has 1 N–H and O–H groups in total. The molecule has 0 aromatic heterocycles. The zero-order valence-corrected chi connectivity index (χ0v) is 15.1. The van der Waals surface area contributed by atoms with Crippen molar-refractivity contribution in [3.8, 4) is 0 Å². The average Bonchev–Trinajstić information content (AvgIpc) is 3.04. The summed E-state index contributed by atoms with van der Waals surface area (Å²) >= 11 is 0. The van der Waals surface area contributed by atoms with Gasteiger partial charge in [-0.15, -0.1) is 0 Å². The molecule has 1 fully saturated rings. The van der Waals surface area contributed by atoms with Gasteiger partial charge in [-0.1, -0.05) is 30.7 Å². The molecule has 1 heterocycles. The van der Waals surface area contributed by atoms with Crippen molar-refractivity contribution in [1.29, 1.82) is 0 Å². The van der Waals surface area contributed by atoms with Gasteiger partial charge >= 0.3 is 0 Å². The lowest BCUT2D eigenvalue weighted by molar-refractivity contribution is -0.126. The summed E-state index contributed by atoms with van der Waals surface area (Å²) in [6, 6.07) is 8.06. The minimum atomic E-state index is -0.237. The van der Waals surface area contributed by atoms with Gasteiger partial charge in [-0.05, 0) is 56.2 Å². The van der Waals surface area contributed by atoms with Crippen molar-refractivity contribution in [2.45, 2.75) is 51.9 Å². The van der Waals surface area contributed by atoms with Crippen LogP contribution in [-0.4, -0.2) is 24.9 Å². The van der Waals surface area contributed by atoms with E-state index in [1.165, 1.54) is 36.8 Å². The molecule has 25 heavy (non-hydrogen) atoms. The highest BCUT2D eigenvalue weighted by Gasteiger charge is 2.34. The van der Waals surface area contributed by atoms with Crippen LogP contribution in [0.2, 0.25) is 0 Å². The minimum Gasteiger partial charge on any atom is -0.355 e. The topological polar surface area (TPSA) is 49.4 Å². The molecular formula is C21H28N2O2. The highest BCUT2D eigenvalue weighted by Crippen LogP contribution is 2.26. The normalized spacial score (nSPS) is 20.5. The number of carbonyl (C=O) groups excluding carboxylic acids is 2. The maximum Gasteiger partial charge on any atom is 0.227 e. The van der Waals surface area contributed by atoms with Gasteiger partial charge in [0.15, 0.2) is 0 Å². The highest BCUT2D eigenvalue weighted by atomic mass is 16.2. The smallest absolute Gasteiger partial charge is 0.227 e. The van der Waals surface area contributed by atoms with Crippen LogP contribution in [0.5, 0.6) is 0 Å². The summed E-state index contributed by atoms with van der Waals surface area (Å²) in [7, 11) is 0. The highest BCUT2D eigenvalue weighted by molar-refractivity contribution is 6.00. The van der Waals surface area contributed by atoms with Gasteiger partial charge < -0.3 is 10.2 Å². The van der Waals surface area contributed by atoms with Crippen LogP contribution in [0, 0.1) is 5.92 Å². The lowest BCUT2D eigenvalue weighted by Crippen LogP contribution is -2.33. The zero-order valence-electron chi connectivity index (χ0n) is 15.1.